The topological polar surface area (TPSA) is 72.5 Å². The molecule has 0 aliphatic rings. The number of nitrogens with one attached hydrogen (secondary N) is 1. The number of esters is 1. The van der Waals surface area contributed by atoms with Gasteiger partial charge in [-0.25, -0.2) is 8.42 Å². The molecule has 21 heavy (non-hydrogen) atoms. The molecule has 1 N–H and O–H groups in total. The first-order valence-corrected chi connectivity index (χ1v) is 8.05. The lowest BCUT2D eigenvalue weighted by molar-refractivity contribution is -0.156. The van der Waals surface area contributed by atoms with E-state index < -0.39 is 27.6 Å². The second kappa shape index (κ2) is 6.87. The molecular weight excluding hydrogens is 290 g/mol. The van der Waals surface area contributed by atoms with E-state index in [0.717, 1.165) is 0 Å². The summed E-state index contributed by atoms with van der Waals surface area (Å²) >= 11 is 0. The Bertz CT molecular complexity index is 588. The summed E-state index contributed by atoms with van der Waals surface area (Å²) in [5.74, 6) is -0.623. The molecule has 0 saturated carbocycles. The van der Waals surface area contributed by atoms with Gasteiger partial charge >= 0.3 is 5.97 Å². The van der Waals surface area contributed by atoms with E-state index in [9.17, 15) is 13.2 Å². The van der Waals surface area contributed by atoms with Crippen LogP contribution in [0.4, 0.5) is 0 Å². The molecule has 5 nitrogen and oxygen atoms in total. The molecule has 0 saturated heterocycles. The molecule has 0 aliphatic heterocycles. The quantitative estimate of drug-likeness (QED) is 0.646. The molecular formula is C15H21NO4S. The lowest BCUT2D eigenvalue weighted by Gasteiger charge is -2.24. The fourth-order valence-corrected chi connectivity index (χ4v) is 2.81. The van der Waals surface area contributed by atoms with Crippen molar-refractivity contribution in [1.29, 1.82) is 0 Å². The number of rotatable bonds is 6. The van der Waals surface area contributed by atoms with Gasteiger partial charge in [-0.3, -0.25) is 4.79 Å². The van der Waals surface area contributed by atoms with Crippen LogP contribution in [0.15, 0.2) is 47.9 Å². The maximum atomic E-state index is 12.2. The van der Waals surface area contributed by atoms with Crippen molar-refractivity contribution < 1.29 is 17.9 Å². The lowest BCUT2D eigenvalue weighted by Crippen LogP contribution is -2.43. The first-order chi connectivity index (χ1) is 9.65. The minimum absolute atomic E-state index is 0.0996. The lowest BCUT2D eigenvalue weighted by atomic mass is 10.1. The fourth-order valence-electron chi connectivity index (χ4n) is 1.59. The van der Waals surface area contributed by atoms with Gasteiger partial charge in [-0.2, -0.15) is 4.72 Å². The molecule has 0 bridgehead atoms. The Morgan fingerprint density at radius 2 is 1.90 bits per heavy atom. The van der Waals surface area contributed by atoms with Gasteiger partial charge in [-0.05, 0) is 39.3 Å². The number of ether oxygens (including phenoxy) is 1. The zero-order valence-electron chi connectivity index (χ0n) is 12.5. The monoisotopic (exact) mass is 311 g/mol. The first-order valence-electron chi connectivity index (χ1n) is 6.57. The average Bonchev–Trinajstić information content (AvgIpc) is 2.37. The van der Waals surface area contributed by atoms with E-state index in [1.54, 1.807) is 39.0 Å². The number of hydrogen-bond donors (Lipinski definition) is 1. The Labute approximate surface area is 126 Å². The highest BCUT2D eigenvalue weighted by atomic mass is 32.2. The van der Waals surface area contributed by atoms with Crippen molar-refractivity contribution in [3.8, 4) is 0 Å². The van der Waals surface area contributed by atoms with Gasteiger partial charge in [0.05, 0.1) is 4.90 Å². The van der Waals surface area contributed by atoms with Crippen LogP contribution in [-0.2, 0) is 19.6 Å². The summed E-state index contributed by atoms with van der Waals surface area (Å²) in [6.45, 7) is 8.71. The second-order valence-electron chi connectivity index (χ2n) is 5.54. The van der Waals surface area contributed by atoms with E-state index >= 15 is 0 Å². The molecule has 1 aromatic rings. The van der Waals surface area contributed by atoms with Crippen LogP contribution in [0.1, 0.15) is 27.2 Å². The fraction of sp³-hybridized carbons (Fsp3) is 0.400. The van der Waals surface area contributed by atoms with Crippen LogP contribution in [0.25, 0.3) is 0 Å². The number of carbonyl (C=O) groups is 1. The van der Waals surface area contributed by atoms with Crippen LogP contribution >= 0.6 is 0 Å². The van der Waals surface area contributed by atoms with Gasteiger partial charge in [0.25, 0.3) is 0 Å². The van der Waals surface area contributed by atoms with E-state index in [1.165, 1.54) is 18.2 Å². The van der Waals surface area contributed by atoms with Gasteiger partial charge in [0.1, 0.15) is 11.6 Å². The van der Waals surface area contributed by atoms with Crippen LogP contribution in [-0.4, -0.2) is 26.0 Å². The van der Waals surface area contributed by atoms with Crippen LogP contribution in [0.3, 0.4) is 0 Å². The highest BCUT2D eigenvalue weighted by Gasteiger charge is 2.28. The van der Waals surface area contributed by atoms with Gasteiger partial charge in [0.2, 0.25) is 10.0 Å². The number of sulfonamides is 1. The molecule has 6 heteroatoms. The summed E-state index contributed by atoms with van der Waals surface area (Å²) in [6, 6.07) is 6.88. The van der Waals surface area contributed by atoms with Gasteiger partial charge in [0, 0.05) is 0 Å². The summed E-state index contributed by atoms with van der Waals surface area (Å²) in [5, 5.41) is 0. The van der Waals surface area contributed by atoms with Gasteiger partial charge in [-0.1, -0.05) is 24.3 Å². The Morgan fingerprint density at radius 3 is 2.38 bits per heavy atom. The van der Waals surface area contributed by atoms with Crippen molar-refractivity contribution in [3.63, 3.8) is 0 Å². The zero-order valence-corrected chi connectivity index (χ0v) is 13.3. The molecule has 0 spiro atoms. The molecule has 1 aromatic carbocycles. The van der Waals surface area contributed by atoms with E-state index in [0.29, 0.717) is 0 Å². The normalized spacial score (nSPS) is 13.5. The van der Waals surface area contributed by atoms with Gasteiger partial charge < -0.3 is 4.74 Å². The van der Waals surface area contributed by atoms with Crippen molar-refractivity contribution in [2.45, 2.75) is 43.7 Å². The van der Waals surface area contributed by atoms with Crippen LogP contribution in [0, 0.1) is 0 Å². The van der Waals surface area contributed by atoms with Crippen molar-refractivity contribution in [2.24, 2.45) is 0 Å². The molecule has 0 radical (unpaired) electrons. The number of carbonyl (C=O) groups excluding carboxylic acids is 1. The minimum Gasteiger partial charge on any atom is -0.459 e. The maximum Gasteiger partial charge on any atom is 0.325 e. The van der Waals surface area contributed by atoms with E-state index in [1.807, 2.05) is 0 Å². The maximum absolute atomic E-state index is 12.2. The predicted octanol–water partition coefficient (Wildman–Crippen LogP) is 2.25. The number of benzene rings is 1. The molecule has 0 aliphatic carbocycles. The summed E-state index contributed by atoms with van der Waals surface area (Å²) in [6.07, 6.45) is 1.63. The zero-order chi connectivity index (χ0) is 16.1. The van der Waals surface area contributed by atoms with Crippen molar-refractivity contribution in [1.82, 2.24) is 4.72 Å². The highest BCUT2D eigenvalue weighted by molar-refractivity contribution is 7.89. The second-order valence-corrected chi connectivity index (χ2v) is 7.26. The van der Waals surface area contributed by atoms with E-state index in [2.05, 4.69) is 11.3 Å². The van der Waals surface area contributed by atoms with Gasteiger partial charge in [-0.15, -0.1) is 6.58 Å². The van der Waals surface area contributed by atoms with Crippen LogP contribution < -0.4 is 4.72 Å². The summed E-state index contributed by atoms with van der Waals surface area (Å²) in [4.78, 5) is 12.2. The van der Waals surface area contributed by atoms with E-state index in [4.69, 9.17) is 4.74 Å². The smallest absolute Gasteiger partial charge is 0.325 e. The molecule has 1 atom stereocenters. The van der Waals surface area contributed by atoms with Crippen molar-refractivity contribution in [2.75, 3.05) is 0 Å². The Morgan fingerprint density at radius 1 is 1.33 bits per heavy atom. The molecule has 0 fully saturated rings. The van der Waals surface area contributed by atoms with Crippen molar-refractivity contribution in [3.05, 3.63) is 43.0 Å². The highest BCUT2D eigenvalue weighted by Crippen LogP contribution is 2.13. The van der Waals surface area contributed by atoms with Gasteiger partial charge in [0.15, 0.2) is 0 Å². The molecule has 116 valence electrons. The molecule has 0 amide bonds. The first kappa shape index (κ1) is 17.4. The third-order valence-corrected chi connectivity index (χ3v) is 3.93. The van der Waals surface area contributed by atoms with E-state index in [-0.39, 0.29) is 11.3 Å². The number of hydrogen-bond acceptors (Lipinski definition) is 4. The average molecular weight is 311 g/mol. The molecule has 1 rings (SSSR count). The Kier molecular flexibility index (Phi) is 5.69. The minimum atomic E-state index is -3.78. The predicted molar refractivity (Wildman–Crippen MR) is 81.2 cm³/mol. The molecule has 0 heterocycles. The third-order valence-electron chi connectivity index (χ3n) is 2.44. The SMILES string of the molecule is C=CC[C@H](NS(=O)(=O)c1ccccc1)C(=O)OC(C)(C)C. The van der Waals surface area contributed by atoms with Crippen LogP contribution in [0.5, 0.6) is 0 Å². The molecule has 0 unspecified atom stereocenters. The summed E-state index contributed by atoms with van der Waals surface area (Å²) in [7, 11) is -3.78. The standard InChI is InChI=1S/C15H21NO4S/c1-5-9-13(14(17)20-15(2,3)4)16-21(18,19)12-10-7-6-8-11-12/h5-8,10-11,13,16H,1,9H2,2-4H3/t13-/m0/s1. The molecule has 0 aromatic heterocycles. The third kappa shape index (κ3) is 5.69. The largest absolute Gasteiger partial charge is 0.459 e. The van der Waals surface area contributed by atoms with Crippen molar-refractivity contribution >= 4 is 16.0 Å². The Hall–Kier alpha value is -1.66. The Balaban J connectivity index is 2.93. The van der Waals surface area contributed by atoms with Crippen LogP contribution in [0.2, 0.25) is 0 Å². The summed E-state index contributed by atoms with van der Waals surface area (Å²) in [5.41, 5.74) is -0.686. The summed E-state index contributed by atoms with van der Waals surface area (Å²) < 4.78 is 32.0.